The van der Waals surface area contributed by atoms with Crippen molar-refractivity contribution in [2.24, 2.45) is 0 Å². The maximum Gasteiger partial charge on any atom is 0.255 e. The van der Waals surface area contributed by atoms with E-state index in [1.807, 2.05) is 73.7 Å². The van der Waals surface area contributed by atoms with E-state index >= 15 is 0 Å². The van der Waals surface area contributed by atoms with Gasteiger partial charge in [0.1, 0.15) is 0 Å². The number of carbonyl (C=O) groups excluding carboxylic acids is 2. The van der Waals surface area contributed by atoms with Gasteiger partial charge >= 0.3 is 0 Å². The fourth-order valence-electron chi connectivity index (χ4n) is 3.80. The summed E-state index contributed by atoms with van der Waals surface area (Å²) in [4.78, 5) is 26.7. The standard InChI is InChI=1S/C29H28N2O4S/c1-4-27(29(33)31-23-14-12-19-8-5-6-9-20(19)16-23)36-24-11-7-10-22(18-24)30-28(32)21-13-15-25(34-2)26(17-21)35-3/h5-18,27H,4H2,1-3H3,(H,30,32)(H,31,33). The van der Waals surface area contributed by atoms with Gasteiger partial charge in [-0.2, -0.15) is 0 Å². The number of amides is 2. The predicted octanol–water partition coefficient (Wildman–Crippen LogP) is 6.62. The maximum atomic E-state index is 13.0. The lowest BCUT2D eigenvalue weighted by atomic mass is 10.1. The van der Waals surface area contributed by atoms with Gasteiger partial charge in [-0.3, -0.25) is 9.59 Å². The van der Waals surface area contributed by atoms with Crippen LogP contribution in [0.3, 0.4) is 0 Å². The Morgan fingerprint density at radius 2 is 1.53 bits per heavy atom. The Hall–Kier alpha value is -3.97. The van der Waals surface area contributed by atoms with Gasteiger partial charge in [0.25, 0.3) is 5.91 Å². The molecule has 0 bridgehead atoms. The van der Waals surface area contributed by atoms with Gasteiger partial charge in [-0.15, -0.1) is 11.8 Å². The molecule has 0 saturated carbocycles. The lowest BCUT2D eigenvalue weighted by Crippen LogP contribution is -2.24. The van der Waals surface area contributed by atoms with E-state index in [2.05, 4.69) is 10.6 Å². The highest BCUT2D eigenvalue weighted by molar-refractivity contribution is 8.00. The van der Waals surface area contributed by atoms with Crippen LogP contribution in [-0.2, 0) is 4.79 Å². The third kappa shape index (κ3) is 5.98. The van der Waals surface area contributed by atoms with Crippen LogP contribution in [0.15, 0.2) is 89.8 Å². The highest BCUT2D eigenvalue weighted by Gasteiger charge is 2.19. The van der Waals surface area contributed by atoms with Crippen LogP contribution in [0.4, 0.5) is 11.4 Å². The van der Waals surface area contributed by atoms with E-state index in [1.165, 1.54) is 18.9 Å². The van der Waals surface area contributed by atoms with Gasteiger partial charge in [-0.05, 0) is 65.7 Å². The predicted molar refractivity (Wildman–Crippen MR) is 146 cm³/mol. The van der Waals surface area contributed by atoms with E-state index in [0.717, 1.165) is 21.4 Å². The van der Waals surface area contributed by atoms with Crippen LogP contribution < -0.4 is 20.1 Å². The number of anilines is 2. The summed E-state index contributed by atoms with van der Waals surface area (Å²) in [5.74, 6) is 0.717. The Kier molecular flexibility index (Phi) is 8.13. The van der Waals surface area contributed by atoms with Crippen molar-refractivity contribution in [1.82, 2.24) is 0 Å². The van der Waals surface area contributed by atoms with E-state index in [0.29, 0.717) is 29.2 Å². The lowest BCUT2D eigenvalue weighted by molar-refractivity contribution is -0.115. The smallest absolute Gasteiger partial charge is 0.255 e. The van der Waals surface area contributed by atoms with Crippen molar-refractivity contribution in [3.05, 3.63) is 90.5 Å². The first kappa shape index (κ1) is 25.1. The summed E-state index contributed by atoms with van der Waals surface area (Å²) in [6, 6.07) is 26.4. The molecule has 7 heteroatoms. The molecule has 0 aliphatic carbocycles. The molecule has 0 radical (unpaired) electrons. The van der Waals surface area contributed by atoms with Gasteiger partial charge in [0.05, 0.1) is 19.5 Å². The molecule has 0 fully saturated rings. The number of benzene rings is 4. The molecule has 184 valence electrons. The van der Waals surface area contributed by atoms with Crippen LogP contribution in [0.2, 0.25) is 0 Å². The van der Waals surface area contributed by atoms with Gasteiger partial charge in [0.15, 0.2) is 11.5 Å². The van der Waals surface area contributed by atoms with Crippen molar-refractivity contribution in [3.8, 4) is 11.5 Å². The fraction of sp³-hybridized carbons (Fsp3) is 0.172. The molecule has 0 saturated heterocycles. The number of hydrogen-bond acceptors (Lipinski definition) is 5. The molecule has 36 heavy (non-hydrogen) atoms. The molecular formula is C29H28N2O4S. The monoisotopic (exact) mass is 500 g/mol. The molecule has 0 aromatic heterocycles. The number of thioether (sulfide) groups is 1. The Bertz CT molecular complexity index is 1390. The maximum absolute atomic E-state index is 13.0. The van der Waals surface area contributed by atoms with Gasteiger partial charge in [-0.25, -0.2) is 0 Å². The zero-order valence-corrected chi connectivity index (χ0v) is 21.2. The normalized spacial score (nSPS) is 11.5. The average Bonchev–Trinajstić information content (AvgIpc) is 2.91. The Morgan fingerprint density at radius 3 is 2.28 bits per heavy atom. The third-order valence-electron chi connectivity index (χ3n) is 5.70. The highest BCUT2D eigenvalue weighted by Crippen LogP contribution is 2.30. The molecule has 6 nitrogen and oxygen atoms in total. The van der Waals surface area contributed by atoms with Gasteiger partial charge in [0, 0.05) is 21.8 Å². The minimum absolute atomic E-state index is 0.0578. The van der Waals surface area contributed by atoms with Crippen molar-refractivity contribution in [3.63, 3.8) is 0 Å². The number of ether oxygens (including phenoxy) is 2. The van der Waals surface area contributed by atoms with Gasteiger partial charge < -0.3 is 20.1 Å². The van der Waals surface area contributed by atoms with E-state index in [-0.39, 0.29) is 17.1 Å². The van der Waals surface area contributed by atoms with Gasteiger partial charge in [0.2, 0.25) is 5.91 Å². The molecule has 0 heterocycles. The zero-order valence-electron chi connectivity index (χ0n) is 20.4. The van der Waals surface area contributed by atoms with Crippen molar-refractivity contribution in [1.29, 1.82) is 0 Å². The Labute approximate surface area is 215 Å². The minimum Gasteiger partial charge on any atom is -0.493 e. The van der Waals surface area contributed by atoms with Crippen LogP contribution in [0.1, 0.15) is 23.7 Å². The summed E-state index contributed by atoms with van der Waals surface area (Å²) in [5, 5.41) is 7.88. The molecule has 0 aliphatic heterocycles. The number of hydrogen-bond donors (Lipinski definition) is 2. The number of nitrogens with one attached hydrogen (secondary N) is 2. The van der Waals surface area contributed by atoms with E-state index < -0.39 is 0 Å². The second-order valence-electron chi connectivity index (χ2n) is 8.12. The van der Waals surface area contributed by atoms with Crippen LogP contribution in [0, 0.1) is 0 Å². The SMILES string of the molecule is CCC(Sc1cccc(NC(=O)c2ccc(OC)c(OC)c2)c1)C(=O)Nc1ccc2ccccc2c1. The number of fused-ring (bicyclic) bond motifs is 1. The molecule has 4 rings (SSSR count). The Morgan fingerprint density at radius 1 is 0.778 bits per heavy atom. The topological polar surface area (TPSA) is 76.7 Å². The molecule has 0 aliphatic rings. The molecule has 2 amide bonds. The number of methoxy groups -OCH3 is 2. The third-order valence-corrected chi connectivity index (χ3v) is 7.05. The number of carbonyl (C=O) groups is 2. The van der Waals surface area contributed by atoms with Crippen LogP contribution >= 0.6 is 11.8 Å². The second-order valence-corrected chi connectivity index (χ2v) is 9.39. The number of rotatable bonds is 9. The van der Waals surface area contributed by atoms with E-state index in [1.54, 1.807) is 25.3 Å². The quantitative estimate of drug-likeness (QED) is 0.253. The zero-order chi connectivity index (χ0) is 25.5. The molecule has 0 spiro atoms. The van der Waals surface area contributed by atoms with Crippen molar-refractivity contribution in [2.45, 2.75) is 23.5 Å². The first-order chi connectivity index (χ1) is 17.5. The van der Waals surface area contributed by atoms with Crippen molar-refractivity contribution >= 4 is 45.7 Å². The van der Waals surface area contributed by atoms with Crippen molar-refractivity contribution < 1.29 is 19.1 Å². The van der Waals surface area contributed by atoms with Crippen LogP contribution in [0.5, 0.6) is 11.5 Å². The van der Waals surface area contributed by atoms with Crippen molar-refractivity contribution in [2.75, 3.05) is 24.9 Å². The summed E-state index contributed by atoms with van der Waals surface area (Å²) < 4.78 is 10.5. The summed E-state index contributed by atoms with van der Waals surface area (Å²) in [6.07, 6.45) is 0.659. The lowest BCUT2D eigenvalue weighted by Gasteiger charge is -2.16. The van der Waals surface area contributed by atoms with E-state index in [9.17, 15) is 9.59 Å². The molecule has 4 aromatic carbocycles. The van der Waals surface area contributed by atoms with Gasteiger partial charge in [-0.1, -0.05) is 43.3 Å². The van der Waals surface area contributed by atoms with Crippen LogP contribution in [0.25, 0.3) is 10.8 Å². The molecule has 1 atom stereocenters. The molecule has 1 unspecified atom stereocenters. The molecular weight excluding hydrogens is 472 g/mol. The molecule has 2 N–H and O–H groups in total. The summed E-state index contributed by atoms with van der Waals surface area (Å²) in [5.41, 5.74) is 1.87. The summed E-state index contributed by atoms with van der Waals surface area (Å²) >= 11 is 1.47. The largest absolute Gasteiger partial charge is 0.493 e. The molecule has 4 aromatic rings. The first-order valence-corrected chi connectivity index (χ1v) is 12.5. The van der Waals surface area contributed by atoms with Crippen LogP contribution in [-0.4, -0.2) is 31.3 Å². The summed E-state index contributed by atoms with van der Waals surface area (Å²) in [7, 11) is 3.08. The summed E-state index contributed by atoms with van der Waals surface area (Å²) in [6.45, 7) is 1.99. The van der Waals surface area contributed by atoms with E-state index in [4.69, 9.17) is 9.47 Å². The fourth-order valence-corrected chi connectivity index (χ4v) is 4.82. The minimum atomic E-state index is -0.284. The average molecular weight is 501 g/mol. The first-order valence-electron chi connectivity index (χ1n) is 11.6. The second kappa shape index (κ2) is 11.6. The highest BCUT2D eigenvalue weighted by atomic mass is 32.2. The Balaban J connectivity index is 1.43.